The second kappa shape index (κ2) is 7.22. The Labute approximate surface area is 149 Å². The summed E-state index contributed by atoms with van der Waals surface area (Å²) >= 11 is 13.3. The summed E-state index contributed by atoms with van der Waals surface area (Å²) in [5, 5.41) is 3.77. The third-order valence-electron chi connectivity index (χ3n) is 4.27. The van der Waals surface area contributed by atoms with Crippen LogP contribution >= 0.6 is 34.5 Å². The van der Waals surface area contributed by atoms with Crippen LogP contribution in [0, 0.1) is 0 Å². The van der Waals surface area contributed by atoms with Gasteiger partial charge in [-0.25, -0.2) is 0 Å². The monoisotopic (exact) mass is 369 g/mol. The maximum absolute atomic E-state index is 12.3. The van der Waals surface area contributed by atoms with E-state index in [4.69, 9.17) is 27.9 Å². The number of amides is 1. The van der Waals surface area contributed by atoms with Crippen LogP contribution in [0.2, 0.25) is 9.36 Å². The van der Waals surface area contributed by atoms with Crippen LogP contribution in [0.25, 0.3) is 0 Å². The number of benzene rings is 1. The van der Waals surface area contributed by atoms with Gasteiger partial charge in [0, 0.05) is 30.2 Å². The van der Waals surface area contributed by atoms with E-state index in [2.05, 4.69) is 11.4 Å². The van der Waals surface area contributed by atoms with E-state index in [0.717, 1.165) is 18.4 Å². The Bertz CT molecular complexity index is 695. The van der Waals surface area contributed by atoms with Crippen molar-refractivity contribution in [3.05, 3.63) is 56.2 Å². The number of carbonyl (C=O) groups is 1. The number of hydrogen-bond donors (Lipinski definition) is 1. The Hall–Kier alpha value is -1.07. The lowest BCUT2D eigenvalue weighted by Crippen LogP contribution is -2.44. The van der Waals surface area contributed by atoms with Crippen molar-refractivity contribution in [2.45, 2.75) is 18.3 Å². The summed E-state index contributed by atoms with van der Waals surface area (Å²) in [5.74, 6) is -0.0882. The molecule has 0 aliphatic carbocycles. The van der Waals surface area contributed by atoms with Gasteiger partial charge in [0.15, 0.2) is 0 Å². The molecule has 1 amide bonds. The Balaban J connectivity index is 1.78. The quantitative estimate of drug-likeness (QED) is 0.859. The maximum atomic E-state index is 12.3. The highest BCUT2D eigenvalue weighted by molar-refractivity contribution is 7.17. The van der Waals surface area contributed by atoms with Crippen LogP contribution in [0.4, 0.5) is 0 Å². The Morgan fingerprint density at radius 2 is 2.00 bits per heavy atom. The van der Waals surface area contributed by atoms with Crippen LogP contribution in [0.15, 0.2) is 36.4 Å². The van der Waals surface area contributed by atoms with Crippen LogP contribution in [0.5, 0.6) is 0 Å². The minimum Gasteiger partial charge on any atom is -0.381 e. The van der Waals surface area contributed by atoms with Gasteiger partial charge in [0.25, 0.3) is 5.91 Å². The van der Waals surface area contributed by atoms with E-state index in [1.54, 1.807) is 12.1 Å². The molecule has 2 aromatic rings. The molecular formula is C17H17Cl2NO2S. The molecule has 0 bridgehead atoms. The molecule has 2 heterocycles. The summed E-state index contributed by atoms with van der Waals surface area (Å²) in [6.07, 6.45) is 1.72. The number of nitrogens with one attached hydrogen (secondary N) is 1. The van der Waals surface area contributed by atoms with Gasteiger partial charge < -0.3 is 10.1 Å². The van der Waals surface area contributed by atoms with Gasteiger partial charge in [-0.15, -0.1) is 11.3 Å². The van der Waals surface area contributed by atoms with E-state index in [-0.39, 0.29) is 11.3 Å². The molecule has 1 N–H and O–H groups in total. The lowest BCUT2D eigenvalue weighted by Gasteiger charge is -2.38. The van der Waals surface area contributed by atoms with E-state index in [1.165, 1.54) is 11.3 Å². The minimum atomic E-state index is -0.139. The summed E-state index contributed by atoms with van der Waals surface area (Å²) in [5.41, 5.74) is 1.01. The third-order valence-corrected chi connectivity index (χ3v) is 5.74. The molecule has 1 aliphatic heterocycles. The summed E-state index contributed by atoms with van der Waals surface area (Å²) in [6, 6.07) is 11.4. The highest BCUT2D eigenvalue weighted by atomic mass is 35.5. The molecule has 1 aliphatic rings. The Kier molecular flexibility index (Phi) is 5.27. The van der Waals surface area contributed by atoms with Gasteiger partial charge in [0.2, 0.25) is 0 Å². The molecule has 6 heteroatoms. The summed E-state index contributed by atoms with van der Waals surface area (Å²) in [6.45, 7) is 1.94. The van der Waals surface area contributed by atoms with Gasteiger partial charge in [0.05, 0.1) is 9.21 Å². The van der Waals surface area contributed by atoms with Crippen molar-refractivity contribution >= 4 is 40.4 Å². The fraction of sp³-hybridized carbons (Fsp3) is 0.353. The maximum Gasteiger partial charge on any atom is 0.261 e. The largest absolute Gasteiger partial charge is 0.381 e. The summed E-state index contributed by atoms with van der Waals surface area (Å²) < 4.78 is 6.13. The smallest absolute Gasteiger partial charge is 0.261 e. The Morgan fingerprint density at radius 1 is 1.22 bits per heavy atom. The molecule has 0 saturated carbocycles. The number of ether oxygens (including phenoxy) is 1. The van der Waals surface area contributed by atoms with Crippen LogP contribution in [-0.4, -0.2) is 25.7 Å². The SMILES string of the molecule is O=C(NCC1(c2cccc(Cl)c2)CCOCC1)c1ccc(Cl)s1. The van der Waals surface area contributed by atoms with Crippen molar-refractivity contribution < 1.29 is 9.53 Å². The summed E-state index contributed by atoms with van der Waals surface area (Å²) in [4.78, 5) is 13.0. The lowest BCUT2D eigenvalue weighted by atomic mass is 9.74. The predicted octanol–water partition coefficient (Wildman–Crippen LogP) is 4.53. The van der Waals surface area contributed by atoms with E-state index < -0.39 is 0 Å². The van der Waals surface area contributed by atoms with Crippen molar-refractivity contribution in [2.24, 2.45) is 0 Å². The average Bonchev–Trinajstić information content (AvgIpc) is 3.00. The molecule has 1 saturated heterocycles. The first-order valence-electron chi connectivity index (χ1n) is 7.46. The fourth-order valence-corrected chi connectivity index (χ4v) is 4.07. The van der Waals surface area contributed by atoms with Crippen LogP contribution in [-0.2, 0) is 10.2 Å². The predicted molar refractivity (Wildman–Crippen MR) is 94.8 cm³/mol. The first-order valence-corrected chi connectivity index (χ1v) is 9.04. The van der Waals surface area contributed by atoms with Crippen molar-refractivity contribution in [3.8, 4) is 0 Å². The molecule has 0 radical (unpaired) electrons. The normalized spacial score (nSPS) is 17.0. The highest BCUT2D eigenvalue weighted by Crippen LogP contribution is 2.35. The van der Waals surface area contributed by atoms with Crippen molar-refractivity contribution in [2.75, 3.05) is 19.8 Å². The van der Waals surface area contributed by atoms with E-state index in [0.29, 0.717) is 34.0 Å². The molecule has 122 valence electrons. The van der Waals surface area contributed by atoms with E-state index in [9.17, 15) is 4.79 Å². The van der Waals surface area contributed by atoms with Crippen molar-refractivity contribution in [1.29, 1.82) is 0 Å². The molecule has 0 atom stereocenters. The van der Waals surface area contributed by atoms with Crippen LogP contribution in [0.3, 0.4) is 0 Å². The molecule has 1 fully saturated rings. The molecule has 0 unspecified atom stereocenters. The van der Waals surface area contributed by atoms with E-state index >= 15 is 0 Å². The number of carbonyl (C=O) groups excluding carboxylic acids is 1. The minimum absolute atomic E-state index is 0.0882. The summed E-state index contributed by atoms with van der Waals surface area (Å²) in [7, 11) is 0. The zero-order valence-corrected chi connectivity index (χ0v) is 14.8. The number of rotatable bonds is 4. The molecule has 23 heavy (non-hydrogen) atoms. The molecule has 3 nitrogen and oxygen atoms in total. The van der Waals surface area contributed by atoms with Crippen molar-refractivity contribution in [3.63, 3.8) is 0 Å². The average molecular weight is 370 g/mol. The van der Waals surface area contributed by atoms with Gasteiger partial charge in [-0.2, -0.15) is 0 Å². The number of halogens is 2. The number of hydrogen-bond acceptors (Lipinski definition) is 3. The zero-order valence-electron chi connectivity index (χ0n) is 12.5. The second-order valence-electron chi connectivity index (χ2n) is 5.69. The third kappa shape index (κ3) is 3.89. The van der Waals surface area contributed by atoms with Gasteiger partial charge in [-0.1, -0.05) is 35.3 Å². The van der Waals surface area contributed by atoms with Crippen molar-refractivity contribution in [1.82, 2.24) is 5.32 Å². The van der Waals surface area contributed by atoms with E-state index in [1.807, 2.05) is 18.2 Å². The van der Waals surface area contributed by atoms with Crippen LogP contribution in [0.1, 0.15) is 28.1 Å². The molecule has 1 aromatic heterocycles. The van der Waals surface area contributed by atoms with Gasteiger partial charge in [0.1, 0.15) is 0 Å². The lowest BCUT2D eigenvalue weighted by molar-refractivity contribution is 0.0487. The molecule has 1 aromatic carbocycles. The second-order valence-corrected chi connectivity index (χ2v) is 7.84. The first-order chi connectivity index (χ1) is 11.1. The highest BCUT2D eigenvalue weighted by Gasteiger charge is 2.35. The van der Waals surface area contributed by atoms with Gasteiger partial charge >= 0.3 is 0 Å². The standard InChI is InChI=1S/C17H17Cl2NO2S/c18-13-3-1-2-12(10-13)17(6-8-22-9-7-17)11-20-16(21)14-4-5-15(19)23-14/h1-5,10H,6-9,11H2,(H,20,21). The van der Waals surface area contributed by atoms with Gasteiger partial charge in [-0.3, -0.25) is 4.79 Å². The fourth-order valence-electron chi connectivity index (χ4n) is 2.92. The first kappa shape index (κ1) is 16.8. The zero-order chi connectivity index (χ0) is 16.3. The number of thiophene rings is 1. The van der Waals surface area contributed by atoms with Crippen LogP contribution < -0.4 is 5.32 Å². The Morgan fingerprint density at radius 3 is 2.65 bits per heavy atom. The molecular weight excluding hydrogens is 353 g/mol. The molecule has 0 spiro atoms. The topological polar surface area (TPSA) is 38.3 Å². The molecule has 3 rings (SSSR count). The van der Waals surface area contributed by atoms with Gasteiger partial charge in [-0.05, 0) is 42.7 Å².